The molecule has 0 saturated carbocycles. The molecule has 0 fully saturated rings. The van der Waals surface area contributed by atoms with Crippen molar-refractivity contribution < 1.29 is 4.39 Å². The van der Waals surface area contributed by atoms with Gasteiger partial charge < -0.3 is 4.98 Å². The van der Waals surface area contributed by atoms with Crippen LogP contribution in [0.1, 0.15) is 5.56 Å². The van der Waals surface area contributed by atoms with Gasteiger partial charge in [-0.3, -0.25) is 4.79 Å². The van der Waals surface area contributed by atoms with Crippen LogP contribution < -0.4 is 5.56 Å². The van der Waals surface area contributed by atoms with E-state index in [1.165, 1.54) is 12.1 Å². The minimum absolute atomic E-state index is 0.187. The second-order valence-electron chi connectivity index (χ2n) is 4.44. The molecule has 4 heteroatoms. The van der Waals surface area contributed by atoms with E-state index in [2.05, 4.69) is 9.97 Å². The van der Waals surface area contributed by atoms with Crippen molar-refractivity contribution in [2.75, 3.05) is 0 Å². The highest BCUT2D eigenvalue weighted by atomic mass is 19.1. The van der Waals surface area contributed by atoms with Crippen molar-refractivity contribution in [1.29, 1.82) is 0 Å². The summed E-state index contributed by atoms with van der Waals surface area (Å²) in [4.78, 5) is 19.1. The molecule has 0 unspecified atom stereocenters. The molecule has 0 atom stereocenters. The molecule has 0 spiro atoms. The van der Waals surface area contributed by atoms with Crippen LogP contribution in [0.2, 0.25) is 0 Å². The zero-order valence-electron chi connectivity index (χ0n) is 10.3. The molecule has 3 rings (SSSR count). The number of aromatic nitrogens is 2. The minimum atomic E-state index is -0.317. The number of rotatable bonds is 1. The molecule has 0 radical (unpaired) electrons. The predicted molar refractivity (Wildman–Crippen MR) is 72.5 cm³/mol. The van der Waals surface area contributed by atoms with Gasteiger partial charge in [-0.2, -0.15) is 0 Å². The van der Waals surface area contributed by atoms with Gasteiger partial charge in [0.05, 0.1) is 10.9 Å². The van der Waals surface area contributed by atoms with Crippen molar-refractivity contribution >= 4 is 10.9 Å². The van der Waals surface area contributed by atoms with Crippen LogP contribution in [0.5, 0.6) is 0 Å². The molecule has 0 saturated heterocycles. The molecule has 2 aromatic carbocycles. The van der Waals surface area contributed by atoms with Gasteiger partial charge in [0.25, 0.3) is 5.56 Å². The van der Waals surface area contributed by atoms with E-state index in [1.54, 1.807) is 18.2 Å². The first kappa shape index (κ1) is 11.6. The van der Waals surface area contributed by atoms with Gasteiger partial charge in [0.15, 0.2) is 0 Å². The predicted octanol–water partition coefficient (Wildman–Crippen LogP) is 3.04. The van der Waals surface area contributed by atoms with E-state index in [1.807, 2.05) is 19.1 Å². The number of halogens is 1. The van der Waals surface area contributed by atoms with E-state index in [0.29, 0.717) is 22.3 Å². The number of aryl methyl sites for hydroxylation is 1. The number of nitrogens with zero attached hydrogens (tertiary/aromatic N) is 1. The largest absolute Gasteiger partial charge is 0.306 e. The van der Waals surface area contributed by atoms with Crippen molar-refractivity contribution in [3.63, 3.8) is 0 Å². The number of hydrogen-bond acceptors (Lipinski definition) is 2. The van der Waals surface area contributed by atoms with Crippen LogP contribution in [0.4, 0.5) is 4.39 Å². The Bertz CT molecular complexity index is 806. The van der Waals surface area contributed by atoms with Gasteiger partial charge >= 0.3 is 0 Å². The van der Waals surface area contributed by atoms with Crippen LogP contribution in [0.25, 0.3) is 22.3 Å². The van der Waals surface area contributed by atoms with Crippen molar-refractivity contribution in [3.05, 3.63) is 64.2 Å². The van der Waals surface area contributed by atoms with Crippen LogP contribution in [0.3, 0.4) is 0 Å². The van der Waals surface area contributed by atoms with Crippen LogP contribution in [0.15, 0.2) is 47.3 Å². The van der Waals surface area contributed by atoms with Crippen molar-refractivity contribution in [2.24, 2.45) is 0 Å². The summed E-state index contributed by atoms with van der Waals surface area (Å²) in [6.45, 7) is 1.92. The molecule has 94 valence electrons. The third-order valence-corrected chi connectivity index (χ3v) is 2.98. The van der Waals surface area contributed by atoms with Crippen LogP contribution in [0, 0.1) is 12.7 Å². The van der Waals surface area contributed by atoms with Gasteiger partial charge in [0.1, 0.15) is 11.6 Å². The van der Waals surface area contributed by atoms with Crippen molar-refractivity contribution in [1.82, 2.24) is 9.97 Å². The smallest absolute Gasteiger partial charge is 0.259 e. The molecule has 19 heavy (non-hydrogen) atoms. The molecule has 0 bridgehead atoms. The average molecular weight is 254 g/mol. The lowest BCUT2D eigenvalue weighted by molar-refractivity contribution is 0.628. The maximum Gasteiger partial charge on any atom is 0.259 e. The zero-order valence-corrected chi connectivity index (χ0v) is 10.3. The van der Waals surface area contributed by atoms with E-state index < -0.39 is 0 Å². The third kappa shape index (κ3) is 2.12. The van der Waals surface area contributed by atoms with Gasteiger partial charge in [-0.1, -0.05) is 11.6 Å². The Balaban J connectivity index is 2.24. The molecule has 3 nitrogen and oxygen atoms in total. The SMILES string of the molecule is Cc1ccc2nc(-c3ccc(F)cc3)[nH]c(=O)c2c1. The van der Waals surface area contributed by atoms with Crippen LogP contribution >= 0.6 is 0 Å². The molecular weight excluding hydrogens is 243 g/mol. The first-order chi connectivity index (χ1) is 9.13. The highest BCUT2D eigenvalue weighted by Crippen LogP contribution is 2.17. The standard InChI is InChI=1S/C15H11FN2O/c1-9-2-7-13-12(8-9)15(19)18-14(17-13)10-3-5-11(16)6-4-10/h2-8H,1H3,(H,17,18,19). The van der Waals surface area contributed by atoms with E-state index in [0.717, 1.165) is 5.56 Å². The Morgan fingerprint density at radius 3 is 2.58 bits per heavy atom. The highest BCUT2D eigenvalue weighted by molar-refractivity contribution is 5.80. The minimum Gasteiger partial charge on any atom is -0.306 e. The van der Waals surface area contributed by atoms with E-state index in [4.69, 9.17) is 0 Å². The first-order valence-corrected chi connectivity index (χ1v) is 5.90. The fraction of sp³-hybridized carbons (Fsp3) is 0.0667. The Kier molecular flexibility index (Phi) is 2.63. The summed E-state index contributed by atoms with van der Waals surface area (Å²) < 4.78 is 12.9. The van der Waals surface area contributed by atoms with Crippen LogP contribution in [-0.2, 0) is 0 Å². The van der Waals surface area contributed by atoms with E-state index in [9.17, 15) is 9.18 Å². The Morgan fingerprint density at radius 2 is 1.84 bits per heavy atom. The third-order valence-electron chi connectivity index (χ3n) is 2.98. The maximum atomic E-state index is 12.9. The normalized spacial score (nSPS) is 10.8. The second-order valence-corrected chi connectivity index (χ2v) is 4.44. The molecule has 3 aromatic rings. The summed E-state index contributed by atoms with van der Waals surface area (Å²) in [6, 6.07) is 11.4. The summed E-state index contributed by atoms with van der Waals surface area (Å²) in [6.07, 6.45) is 0. The second kappa shape index (κ2) is 4.31. The summed E-state index contributed by atoms with van der Waals surface area (Å²) in [5, 5.41) is 0.561. The number of H-pyrrole nitrogens is 1. The van der Waals surface area contributed by atoms with Gasteiger partial charge in [0, 0.05) is 5.56 Å². The molecule has 0 aliphatic heterocycles. The fourth-order valence-electron chi connectivity index (χ4n) is 2.00. The monoisotopic (exact) mass is 254 g/mol. The number of hydrogen-bond donors (Lipinski definition) is 1. The lowest BCUT2D eigenvalue weighted by Gasteiger charge is -2.03. The van der Waals surface area contributed by atoms with Gasteiger partial charge in [-0.15, -0.1) is 0 Å². The number of benzene rings is 2. The molecule has 1 heterocycles. The van der Waals surface area contributed by atoms with Gasteiger partial charge in [-0.05, 0) is 43.3 Å². The highest BCUT2D eigenvalue weighted by Gasteiger charge is 2.06. The Labute approximate surface area is 108 Å². The quantitative estimate of drug-likeness (QED) is 0.725. The van der Waals surface area contributed by atoms with Gasteiger partial charge in [-0.25, -0.2) is 9.37 Å². The topological polar surface area (TPSA) is 45.8 Å². The number of aromatic amines is 1. The lowest BCUT2D eigenvalue weighted by atomic mass is 10.1. The summed E-state index contributed by atoms with van der Waals surface area (Å²) in [7, 11) is 0. The maximum absolute atomic E-state index is 12.9. The van der Waals surface area contributed by atoms with Gasteiger partial charge in [0.2, 0.25) is 0 Å². The van der Waals surface area contributed by atoms with E-state index in [-0.39, 0.29) is 11.4 Å². The molecule has 1 N–H and O–H groups in total. The first-order valence-electron chi connectivity index (χ1n) is 5.90. The summed E-state index contributed by atoms with van der Waals surface area (Å²) in [5.41, 5.74) is 2.14. The Hall–Kier alpha value is -2.49. The molecule has 0 aliphatic carbocycles. The summed E-state index contributed by atoms with van der Waals surface area (Å²) >= 11 is 0. The lowest BCUT2D eigenvalue weighted by Crippen LogP contribution is -2.09. The molecule has 0 aliphatic rings. The fourth-order valence-corrected chi connectivity index (χ4v) is 2.00. The molecule has 0 amide bonds. The molecular formula is C15H11FN2O. The zero-order chi connectivity index (χ0) is 13.4. The summed E-state index contributed by atoms with van der Waals surface area (Å²) in [5.74, 6) is 0.129. The number of fused-ring (bicyclic) bond motifs is 1. The number of nitrogens with one attached hydrogen (secondary N) is 1. The molecule has 1 aromatic heterocycles. The van der Waals surface area contributed by atoms with Crippen molar-refractivity contribution in [3.8, 4) is 11.4 Å². The average Bonchev–Trinajstić information content (AvgIpc) is 2.40. The Morgan fingerprint density at radius 1 is 1.11 bits per heavy atom. The van der Waals surface area contributed by atoms with Crippen molar-refractivity contribution in [2.45, 2.75) is 6.92 Å². The van der Waals surface area contributed by atoms with E-state index >= 15 is 0 Å². The van der Waals surface area contributed by atoms with Crippen LogP contribution in [-0.4, -0.2) is 9.97 Å².